The smallest absolute Gasteiger partial charge is 0.327 e. The lowest BCUT2D eigenvalue weighted by atomic mass is 10.2. The molecule has 1 unspecified atom stereocenters. The van der Waals surface area contributed by atoms with E-state index < -0.39 is 5.97 Å². The molecule has 1 aliphatic rings. The molecule has 0 saturated carbocycles. The largest absolute Gasteiger partial charge is 0.478 e. The number of carboxylic acid groups (broad SMARTS) is 1. The van der Waals surface area contributed by atoms with Gasteiger partial charge >= 0.3 is 5.97 Å². The Hall–Kier alpha value is -0.830. The van der Waals surface area contributed by atoms with Crippen LogP contribution in [0.15, 0.2) is 12.7 Å². The second-order valence-corrected chi connectivity index (χ2v) is 2.01. The zero-order valence-corrected chi connectivity index (χ0v) is 6.04. The molecule has 0 aromatic carbocycles. The van der Waals surface area contributed by atoms with Crippen molar-refractivity contribution in [2.75, 3.05) is 6.61 Å². The highest BCUT2D eigenvalue weighted by Gasteiger charge is 2.09. The number of carbonyl (C=O) groups is 1. The molecule has 0 spiro atoms. The molecule has 1 rings (SSSR count). The van der Waals surface area contributed by atoms with Crippen LogP contribution >= 0.6 is 0 Å². The maximum atomic E-state index is 9.25. The van der Waals surface area contributed by atoms with E-state index in [2.05, 4.69) is 13.5 Å². The van der Waals surface area contributed by atoms with Crippen molar-refractivity contribution in [1.29, 1.82) is 0 Å². The molecule has 3 heteroatoms. The van der Waals surface area contributed by atoms with Crippen LogP contribution in [0.25, 0.3) is 0 Å². The fraction of sp³-hybridized carbons (Fsp3) is 0.571. The molecule has 0 bridgehead atoms. The summed E-state index contributed by atoms with van der Waals surface area (Å²) in [4.78, 5) is 9.25. The monoisotopic (exact) mass is 144 g/mol. The Bertz CT molecular complexity index is 116. The van der Waals surface area contributed by atoms with E-state index in [1.165, 1.54) is 6.42 Å². The average Bonchev–Trinajstić information content (AvgIpc) is 1.85. The van der Waals surface area contributed by atoms with Crippen molar-refractivity contribution < 1.29 is 14.6 Å². The van der Waals surface area contributed by atoms with Gasteiger partial charge in [0.25, 0.3) is 0 Å². The quantitative estimate of drug-likeness (QED) is 0.559. The predicted octanol–water partition coefficient (Wildman–Crippen LogP) is 1.05. The van der Waals surface area contributed by atoms with E-state index in [0.29, 0.717) is 6.10 Å². The van der Waals surface area contributed by atoms with Gasteiger partial charge in [-0.25, -0.2) is 4.79 Å². The minimum Gasteiger partial charge on any atom is -0.478 e. The Balaban J connectivity index is 0.000000162. The summed E-state index contributed by atoms with van der Waals surface area (Å²) in [5, 5.41) is 7.60. The minimum atomic E-state index is -0.981. The number of rotatable bonds is 1. The van der Waals surface area contributed by atoms with E-state index in [-0.39, 0.29) is 0 Å². The maximum absolute atomic E-state index is 9.25. The van der Waals surface area contributed by atoms with Crippen molar-refractivity contribution in [2.24, 2.45) is 0 Å². The second-order valence-electron chi connectivity index (χ2n) is 2.01. The predicted molar refractivity (Wildman–Crippen MR) is 37.9 cm³/mol. The van der Waals surface area contributed by atoms with Gasteiger partial charge in [0, 0.05) is 12.7 Å². The van der Waals surface area contributed by atoms with E-state index >= 15 is 0 Å². The Labute approximate surface area is 60.3 Å². The second kappa shape index (κ2) is 4.99. The van der Waals surface area contributed by atoms with Crippen LogP contribution in [0.5, 0.6) is 0 Å². The van der Waals surface area contributed by atoms with E-state index in [1.807, 2.05) is 0 Å². The van der Waals surface area contributed by atoms with Crippen molar-refractivity contribution >= 4 is 5.97 Å². The van der Waals surface area contributed by atoms with Crippen LogP contribution in [-0.2, 0) is 9.53 Å². The molecule has 0 amide bonds. The molecule has 1 fully saturated rings. The SMILES string of the molecule is C=CC(=O)O.CC1CCO1. The summed E-state index contributed by atoms with van der Waals surface area (Å²) < 4.78 is 4.93. The van der Waals surface area contributed by atoms with Crippen LogP contribution in [0.2, 0.25) is 0 Å². The number of hydrogen-bond acceptors (Lipinski definition) is 2. The first kappa shape index (κ1) is 9.17. The summed E-state index contributed by atoms with van der Waals surface area (Å²) in [5.41, 5.74) is 0. The molecule has 3 nitrogen and oxygen atoms in total. The first-order valence-corrected chi connectivity index (χ1v) is 3.13. The van der Waals surface area contributed by atoms with Crippen molar-refractivity contribution in [3.8, 4) is 0 Å². The summed E-state index contributed by atoms with van der Waals surface area (Å²) in [6.45, 7) is 6.03. The van der Waals surface area contributed by atoms with Crippen LogP contribution in [0.3, 0.4) is 0 Å². The Morgan fingerprint density at radius 2 is 2.20 bits per heavy atom. The lowest BCUT2D eigenvalue weighted by Crippen LogP contribution is -2.22. The molecule has 58 valence electrons. The van der Waals surface area contributed by atoms with Gasteiger partial charge in [-0.2, -0.15) is 0 Å². The molecule has 0 aromatic heterocycles. The fourth-order valence-electron chi connectivity index (χ4n) is 0.354. The fourth-order valence-corrected chi connectivity index (χ4v) is 0.354. The first-order chi connectivity index (χ1) is 4.66. The molecule has 0 aromatic rings. The zero-order chi connectivity index (χ0) is 7.98. The highest BCUT2D eigenvalue weighted by atomic mass is 16.5. The topological polar surface area (TPSA) is 46.5 Å². The maximum Gasteiger partial charge on any atom is 0.327 e. The van der Waals surface area contributed by atoms with Gasteiger partial charge in [-0.05, 0) is 13.3 Å². The number of aliphatic carboxylic acids is 1. The third kappa shape index (κ3) is 5.31. The third-order valence-electron chi connectivity index (χ3n) is 1.10. The van der Waals surface area contributed by atoms with Crippen LogP contribution in [0.4, 0.5) is 0 Å². The summed E-state index contributed by atoms with van der Waals surface area (Å²) >= 11 is 0. The van der Waals surface area contributed by atoms with Gasteiger partial charge in [-0.3, -0.25) is 0 Å². The normalized spacial score (nSPS) is 21.5. The van der Waals surface area contributed by atoms with E-state index in [9.17, 15) is 4.79 Å². The van der Waals surface area contributed by atoms with Crippen LogP contribution in [-0.4, -0.2) is 23.8 Å². The van der Waals surface area contributed by atoms with E-state index in [1.54, 1.807) is 0 Å². The highest BCUT2D eigenvalue weighted by molar-refractivity contribution is 5.78. The molecular formula is C7H12O3. The average molecular weight is 144 g/mol. The lowest BCUT2D eigenvalue weighted by molar-refractivity contribution is -0.131. The highest BCUT2D eigenvalue weighted by Crippen LogP contribution is 2.07. The molecule has 1 N–H and O–H groups in total. The van der Waals surface area contributed by atoms with Crippen molar-refractivity contribution in [3.63, 3.8) is 0 Å². The molecule has 10 heavy (non-hydrogen) atoms. The van der Waals surface area contributed by atoms with E-state index in [0.717, 1.165) is 12.7 Å². The Morgan fingerprint density at radius 3 is 2.20 bits per heavy atom. The van der Waals surface area contributed by atoms with Gasteiger partial charge in [0.1, 0.15) is 0 Å². The molecule has 0 radical (unpaired) electrons. The molecule has 1 saturated heterocycles. The van der Waals surface area contributed by atoms with Gasteiger partial charge in [-0.15, -0.1) is 0 Å². The standard InChI is InChI=1S/C4H8O.C3H4O2/c1-4-2-3-5-4;1-2-3(4)5/h4H,2-3H2,1H3;2H,1H2,(H,4,5). The number of carboxylic acids is 1. The first-order valence-electron chi connectivity index (χ1n) is 3.13. The van der Waals surface area contributed by atoms with Crippen LogP contribution in [0, 0.1) is 0 Å². The van der Waals surface area contributed by atoms with Crippen molar-refractivity contribution in [2.45, 2.75) is 19.4 Å². The number of hydrogen-bond donors (Lipinski definition) is 1. The van der Waals surface area contributed by atoms with E-state index in [4.69, 9.17) is 9.84 Å². The van der Waals surface area contributed by atoms with Gasteiger partial charge in [-0.1, -0.05) is 6.58 Å². The van der Waals surface area contributed by atoms with Gasteiger partial charge < -0.3 is 9.84 Å². The molecule has 1 aliphatic heterocycles. The molecular weight excluding hydrogens is 132 g/mol. The Morgan fingerprint density at radius 1 is 1.90 bits per heavy atom. The van der Waals surface area contributed by atoms with Gasteiger partial charge in [0.2, 0.25) is 0 Å². The summed E-state index contributed by atoms with van der Waals surface area (Å²) in [6.07, 6.45) is 2.66. The summed E-state index contributed by atoms with van der Waals surface area (Å²) in [6, 6.07) is 0. The third-order valence-corrected chi connectivity index (χ3v) is 1.10. The lowest BCUT2D eigenvalue weighted by Gasteiger charge is -2.20. The van der Waals surface area contributed by atoms with Gasteiger partial charge in [0.05, 0.1) is 6.10 Å². The number of ether oxygens (including phenoxy) is 1. The Kier molecular flexibility index (Phi) is 4.58. The minimum absolute atomic E-state index is 0.565. The zero-order valence-electron chi connectivity index (χ0n) is 6.04. The molecule has 1 atom stereocenters. The van der Waals surface area contributed by atoms with Crippen molar-refractivity contribution in [3.05, 3.63) is 12.7 Å². The van der Waals surface area contributed by atoms with Crippen molar-refractivity contribution in [1.82, 2.24) is 0 Å². The molecule has 0 aliphatic carbocycles. The molecule has 1 heterocycles. The van der Waals surface area contributed by atoms with Crippen LogP contribution < -0.4 is 0 Å². The summed E-state index contributed by atoms with van der Waals surface area (Å²) in [5.74, 6) is -0.981. The summed E-state index contributed by atoms with van der Waals surface area (Å²) in [7, 11) is 0. The van der Waals surface area contributed by atoms with Gasteiger partial charge in [0.15, 0.2) is 0 Å². The van der Waals surface area contributed by atoms with Crippen LogP contribution in [0.1, 0.15) is 13.3 Å².